The molecule has 1 aliphatic rings. The third-order valence-electron chi connectivity index (χ3n) is 3.78. The Bertz CT molecular complexity index is 367. The topological polar surface area (TPSA) is 24.5 Å². The fourth-order valence-corrected chi connectivity index (χ4v) is 2.68. The van der Waals surface area contributed by atoms with Crippen LogP contribution in [0.1, 0.15) is 38.3 Å². The van der Waals surface area contributed by atoms with Gasteiger partial charge in [0, 0.05) is 32.3 Å². The van der Waals surface area contributed by atoms with Gasteiger partial charge in [0.15, 0.2) is 0 Å². The summed E-state index contributed by atoms with van der Waals surface area (Å²) in [5.74, 6) is 0. The Kier molecular flexibility index (Phi) is 6.51. The summed E-state index contributed by atoms with van der Waals surface area (Å²) in [7, 11) is 0. The molecule has 1 aromatic rings. The van der Waals surface area contributed by atoms with Crippen LogP contribution in [-0.2, 0) is 4.74 Å². The number of hydrogen-bond acceptors (Lipinski definition) is 3. The van der Waals surface area contributed by atoms with Gasteiger partial charge in [0.2, 0.25) is 0 Å². The van der Waals surface area contributed by atoms with E-state index in [1.54, 1.807) is 0 Å². The van der Waals surface area contributed by atoms with Crippen LogP contribution in [0.15, 0.2) is 30.3 Å². The SMILES string of the molecule is CC(C)OCCCCN1CCNC(c2ccccc2)C1. The standard InChI is InChI=1S/C17H28N2O/c1-15(2)20-13-7-6-11-19-12-10-18-17(14-19)16-8-4-3-5-9-16/h3-5,8-9,15,17-18H,6-7,10-14H2,1-2H3. The first-order chi connectivity index (χ1) is 9.75. The fraction of sp³-hybridized carbons (Fsp3) is 0.647. The predicted molar refractivity (Wildman–Crippen MR) is 83.9 cm³/mol. The lowest BCUT2D eigenvalue weighted by Crippen LogP contribution is -2.46. The van der Waals surface area contributed by atoms with Crippen molar-refractivity contribution in [1.82, 2.24) is 10.2 Å². The summed E-state index contributed by atoms with van der Waals surface area (Å²) in [6, 6.07) is 11.3. The van der Waals surface area contributed by atoms with Crippen molar-refractivity contribution in [2.75, 3.05) is 32.8 Å². The molecule has 112 valence electrons. The molecule has 2 rings (SSSR count). The van der Waals surface area contributed by atoms with E-state index in [0.29, 0.717) is 12.1 Å². The van der Waals surface area contributed by atoms with E-state index in [-0.39, 0.29) is 0 Å². The van der Waals surface area contributed by atoms with E-state index in [4.69, 9.17) is 4.74 Å². The average Bonchev–Trinajstić information content (AvgIpc) is 2.48. The molecule has 1 heterocycles. The number of nitrogens with zero attached hydrogens (tertiary/aromatic N) is 1. The second kappa shape index (κ2) is 8.40. The maximum Gasteiger partial charge on any atom is 0.0518 e. The first-order valence-electron chi connectivity index (χ1n) is 7.88. The summed E-state index contributed by atoms with van der Waals surface area (Å²) < 4.78 is 5.59. The Hall–Kier alpha value is -0.900. The van der Waals surface area contributed by atoms with Crippen LogP contribution in [0.2, 0.25) is 0 Å². The summed E-state index contributed by atoms with van der Waals surface area (Å²) in [5.41, 5.74) is 1.40. The van der Waals surface area contributed by atoms with Gasteiger partial charge in [-0.25, -0.2) is 0 Å². The second-order valence-corrected chi connectivity index (χ2v) is 5.84. The van der Waals surface area contributed by atoms with Gasteiger partial charge in [-0.3, -0.25) is 0 Å². The second-order valence-electron chi connectivity index (χ2n) is 5.84. The molecule has 1 unspecified atom stereocenters. The third-order valence-corrected chi connectivity index (χ3v) is 3.78. The monoisotopic (exact) mass is 276 g/mol. The van der Waals surface area contributed by atoms with Gasteiger partial charge in [0.25, 0.3) is 0 Å². The van der Waals surface area contributed by atoms with Crippen LogP contribution in [0.4, 0.5) is 0 Å². The van der Waals surface area contributed by atoms with Crippen molar-refractivity contribution in [3.8, 4) is 0 Å². The highest BCUT2D eigenvalue weighted by Gasteiger charge is 2.19. The summed E-state index contributed by atoms with van der Waals surface area (Å²) in [6.07, 6.45) is 2.75. The molecule has 1 aliphatic heterocycles. The van der Waals surface area contributed by atoms with Crippen molar-refractivity contribution in [2.24, 2.45) is 0 Å². The predicted octanol–water partition coefficient (Wildman–Crippen LogP) is 2.84. The average molecular weight is 276 g/mol. The van der Waals surface area contributed by atoms with Crippen molar-refractivity contribution < 1.29 is 4.74 Å². The number of ether oxygens (including phenoxy) is 1. The molecular formula is C17H28N2O. The van der Waals surface area contributed by atoms with Crippen LogP contribution in [0.3, 0.4) is 0 Å². The van der Waals surface area contributed by atoms with E-state index >= 15 is 0 Å². The Morgan fingerprint density at radius 1 is 1.25 bits per heavy atom. The number of piperazine rings is 1. The minimum atomic E-state index is 0.358. The molecule has 0 saturated carbocycles. The molecule has 0 bridgehead atoms. The van der Waals surface area contributed by atoms with Gasteiger partial charge in [0.1, 0.15) is 0 Å². The first kappa shape index (κ1) is 15.5. The largest absolute Gasteiger partial charge is 0.379 e. The van der Waals surface area contributed by atoms with Gasteiger partial charge >= 0.3 is 0 Å². The van der Waals surface area contributed by atoms with Crippen LogP contribution in [-0.4, -0.2) is 43.8 Å². The molecule has 0 aliphatic carbocycles. The van der Waals surface area contributed by atoms with Crippen LogP contribution >= 0.6 is 0 Å². The maximum absolute atomic E-state index is 5.59. The van der Waals surface area contributed by atoms with E-state index in [2.05, 4.69) is 54.4 Å². The van der Waals surface area contributed by atoms with Crippen molar-refractivity contribution in [3.63, 3.8) is 0 Å². The lowest BCUT2D eigenvalue weighted by atomic mass is 10.0. The van der Waals surface area contributed by atoms with Gasteiger partial charge in [-0.1, -0.05) is 30.3 Å². The lowest BCUT2D eigenvalue weighted by molar-refractivity contribution is 0.0733. The van der Waals surface area contributed by atoms with Gasteiger partial charge in [0.05, 0.1) is 6.10 Å². The number of benzene rings is 1. The molecular weight excluding hydrogens is 248 g/mol. The lowest BCUT2D eigenvalue weighted by Gasteiger charge is -2.34. The Morgan fingerprint density at radius 3 is 2.80 bits per heavy atom. The van der Waals surface area contributed by atoms with E-state index < -0.39 is 0 Å². The van der Waals surface area contributed by atoms with Crippen LogP contribution in [0, 0.1) is 0 Å². The zero-order valence-electron chi connectivity index (χ0n) is 12.8. The molecule has 1 atom stereocenters. The zero-order chi connectivity index (χ0) is 14.2. The molecule has 3 heteroatoms. The number of rotatable bonds is 7. The molecule has 1 saturated heterocycles. The Labute approximate surface area is 123 Å². The molecule has 1 fully saturated rings. The van der Waals surface area contributed by atoms with Gasteiger partial charge in [-0.05, 0) is 38.8 Å². The van der Waals surface area contributed by atoms with Gasteiger partial charge < -0.3 is 15.0 Å². The first-order valence-corrected chi connectivity index (χ1v) is 7.88. The number of nitrogens with one attached hydrogen (secondary N) is 1. The molecule has 0 radical (unpaired) electrons. The van der Waals surface area contributed by atoms with Crippen LogP contribution < -0.4 is 5.32 Å². The van der Waals surface area contributed by atoms with Gasteiger partial charge in [-0.2, -0.15) is 0 Å². The zero-order valence-corrected chi connectivity index (χ0v) is 12.8. The van der Waals surface area contributed by atoms with Gasteiger partial charge in [-0.15, -0.1) is 0 Å². The highest BCUT2D eigenvalue weighted by atomic mass is 16.5. The maximum atomic E-state index is 5.59. The normalized spacial score (nSPS) is 20.4. The molecule has 20 heavy (non-hydrogen) atoms. The summed E-state index contributed by atoms with van der Waals surface area (Å²) >= 11 is 0. The van der Waals surface area contributed by atoms with Crippen molar-refractivity contribution in [3.05, 3.63) is 35.9 Å². The minimum Gasteiger partial charge on any atom is -0.379 e. The van der Waals surface area contributed by atoms with Crippen molar-refractivity contribution in [2.45, 2.75) is 38.8 Å². The van der Waals surface area contributed by atoms with E-state index in [9.17, 15) is 0 Å². The van der Waals surface area contributed by atoms with E-state index in [0.717, 1.165) is 32.7 Å². The number of unbranched alkanes of at least 4 members (excludes halogenated alkanes) is 1. The highest BCUT2D eigenvalue weighted by Crippen LogP contribution is 2.17. The molecule has 0 aromatic heterocycles. The summed E-state index contributed by atoms with van der Waals surface area (Å²) in [4.78, 5) is 2.57. The minimum absolute atomic E-state index is 0.358. The molecule has 0 spiro atoms. The quantitative estimate of drug-likeness (QED) is 0.775. The van der Waals surface area contributed by atoms with E-state index in [1.807, 2.05) is 0 Å². The summed E-state index contributed by atoms with van der Waals surface area (Å²) in [6.45, 7) is 9.64. The molecule has 1 aromatic carbocycles. The molecule has 0 amide bonds. The molecule has 1 N–H and O–H groups in total. The third kappa shape index (κ3) is 5.23. The molecule has 3 nitrogen and oxygen atoms in total. The van der Waals surface area contributed by atoms with Crippen LogP contribution in [0.5, 0.6) is 0 Å². The van der Waals surface area contributed by atoms with E-state index in [1.165, 1.54) is 18.5 Å². The van der Waals surface area contributed by atoms with Crippen LogP contribution in [0.25, 0.3) is 0 Å². The Morgan fingerprint density at radius 2 is 2.05 bits per heavy atom. The van der Waals surface area contributed by atoms with Crippen molar-refractivity contribution in [1.29, 1.82) is 0 Å². The van der Waals surface area contributed by atoms with Crippen molar-refractivity contribution >= 4 is 0 Å². The Balaban J connectivity index is 1.68. The number of hydrogen-bond donors (Lipinski definition) is 1. The fourth-order valence-electron chi connectivity index (χ4n) is 2.68. The summed E-state index contributed by atoms with van der Waals surface area (Å²) in [5, 5.41) is 3.62. The highest BCUT2D eigenvalue weighted by molar-refractivity contribution is 5.19. The smallest absolute Gasteiger partial charge is 0.0518 e.